The Kier molecular flexibility index (Phi) is 4.15. The highest BCUT2D eigenvalue weighted by atomic mass is 16.1. The van der Waals surface area contributed by atoms with Gasteiger partial charge in [0.05, 0.1) is 0 Å². The van der Waals surface area contributed by atoms with Crippen LogP contribution in [0.3, 0.4) is 0 Å². The molecule has 0 spiro atoms. The molecular weight excluding hydrogens is 188 g/mol. The summed E-state index contributed by atoms with van der Waals surface area (Å²) in [5, 5.41) is 3.40. The van der Waals surface area contributed by atoms with E-state index in [-0.39, 0.29) is 0 Å². The Morgan fingerprint density at radius 2 is 2.00 bits per heavy atom. The van der Waals surface area contributed by atoms with Crippen LogP contribution in [-0.2, 0) is 4.79 Å². The van der Waals surface area contributed by atoms with Crippen LogP contribution >= 0.6 is 0 Å². The minimum absolute atomic E-state index is 0.461. The van der Waals surface area contributed by atoms with Crippen LogP contribution in [-0.4, -0.2) is 43.4 Å². The van der Waals surface area contributed by atoms with Gasteiger partial charge in [-0.2, -0.15) is 0 Å². The first-order chi connectivity index (χ1) is 7.34. The van der Waals surface area contributed by atoms with Gasteiger partial charge in [-0.25, -0.2) is 0 Å². The molecule has 0 aromatic heterocycles. The monoisotopic (exact) mass is 210 g/mol. The van der Waals surface area contributed by atoms with E-state index in [2.05, 4.69) is 10.2 Å². The van der Waals surface area contributed by atoms with Crippen molar-refractivity contribution in [3.63, 3.8) is 0 Å². The van der Waals surface area contributed by atoms with Crippen molar-refractivity contribution >= 4 is 5.78 Å². The highest BCUT2D eigenvalue weighted by Crippen LogP contribution is 2.15. The van der Waals surface area contributed by atoms with E-state index in [1.165, 1.54) is 32.5 Å². The van der Waals surface area contributed by atoms with Gasteiger partial charge in [-0.3, -0.25) is 4.79 Å². The lowest BCUT2D eigenvalue weighted by Gasteiger charge is -2.28. The number of nitrogens with one attached hydrogen (secondary N) is 1. The topological polar surface area (TPSA) is 32.3 Å². The molecule has 15 heavy (non-hydrogen) atoms. The van der Waals surface area contributed by atoms with E-state index < -0.39 is 0 Å². The predicted molar refractivity (Wildman–Crippen MR) is 60.9 cm³/mol. The lowest BCUT2D eigenvalue weighted by atomic mass is 9.97. The van der Waals surface area contributed by atoms with Gasteiger partial charge in [-0.1, -0.05) is 0 Å². The molecule has 3 nitrogen and oxygen atoms in total. The first-order valence-electron chi connectivity index (χ1n) is 6.29. The summed E-state index contributed by atoms with van der Waals surface area (Å²) < 4.78 is 0. The number of Topliss-reactive ketones (excluding diaryl/α,β-unsaturated/α-hetero) is 1. The Bertz CT molecular complexity index is 212. The Labute approximate surface area is 92.2 Å². The Morgan fingerprint density at radius 1 is 1.20 bits per heavy atom. The highest BCUT2D eigenvalue weighted by molar-refractivity contribution is 5.78. The second kappa shape index (κ2) is 5.61. The summed E-state index contributed by atoms with van der Waals surface area (Å²) >= 11 is 0. The molecular formula is C12H22N2O. The molecule has 2 aliphatic heterocycles. The molecule has 0 unspecified atom stereocenters. The molecule has 2 aliphatic rings. The molecule has 1 N–H and O–H groups in total. The van der Waals surface area contributed by atoms with Gasteiger partial charge < -0.3 is 10.2 Å². The number of hydrogen-bond donors (Lipinski definition) is 1. The minimum Gasteiger partial charge on any atom is -0.317 e. The van der Waals surface area contributed by atoms with E-state index in [0.717, 1.165) is 38.3 Å². The number of carbonyl (C=O) groups is 1. The lowest BCUT2D eigenvalue weighted by molar-refractivity contribution is -0.118. The molecule has 0 aromatic carbocycles. The van der Waals surface area contributed by atoms with Crippen LogP contribution in [0.25, 0.3) is 0 Å². The summed E-state index contributed by atoms with van der Waals surface area (Å²) in [5.74, 6) is 1.32. The van der Waals surface area contributed by atoms with Crippen molar-refractivity contribution in [2.24, 2.45) is 5.92 Å². The van der Waals surface area contributed by atoms with Crippen LogP contribution in [0.1, 0.15) is 32.1 Å². The molecule has 2 fully saturated rings. The van der Waals surface area contributed by atoms with E-state index in [4.69, 9.17) is 0 Å². The Balaban J connectivity index is 1.75. The van der Waals surface area contributed by atoms with Crippen molar-refractivity contribution < 1.29 is 4.79 Å². The van der Waals surface area contributed by atoms with Crippen LogP contribution in [0.2, 0.25) is 0 Å². The lowest BCUT2D eigenvalue weighted by Crippen LogP contribution is -2.36. The fourth-order valence-electron chi connectivity index (χ4n) is 2.63. The smallest absolute Gasteiger partial charge is 0.134 e. The van der Waals surface area contributed by atoms with Crippen molar-refractivity contribution in [1.82, 2.24) is 10.2 Å². The third-order valence-corrected chi connectivity index (χ3v) is 3.61. The first kappa shape index (κ1) is 11.1. The maximum absolute atomic E-state index is 11.3. The summed E-state index contributed by atoms with van der Waals surface area (Å²) in [5.41, 5.74) is 0. The maximum atomic E-state index is 11.3. The van der Waals surface area contributed by atoms with Crippen LogP contribution < -0.4 is 5.32 Å². The molecule has 3 heteroatoms. The molecule has 86 valence electrons. The summed E-state index contributed by atoms with van der Waals surface area (Å²) in [6.07, 6.45) is 5.28. The van der Waals surface area contributed by atoms with Crippen LogP contribution in [0, 0.1) is 5.92 Å². The van der Waals surface area contributed by atoms with Crippen LogP contribution in [0.5, 0.6) is 0 Å². The van der Waals surface area contributed by atoms with Gasteiger partial charge in [0.1, 0.15) is 5.78 Å². The van der Waals surface area contributed by atoms with Crippen molar-refractivity contribution in [2.45, 2.75) is 32.1 Å². The molecule has 0 amide bonds. The molecule has 2 rings (SSSR count). The van der Waals surface area contributed by atoms with Crippen molar-refractivity contribution in [1.29, 1.82) is 0 Å². The zero-order valence-electron chi connectivity index (χ0n) is 9.50. The summed E-state index contributed by atoms with van der Waals surface area (Å²) in [6.45, 7) is 5.71. The number of rotatable bonds is 2. The van der Waals surface area contributed by atoms with Crippen molar-refractivity contribution in [2.75, 3.05) is 32.7 Å². The third kappa shape index (κ3) is 3.58. The second-order valence-corrected chi connectivity index (χ2v) is 4.89. The van der Waals surface area contributed by atoms with E-state index in [9.17, 15) is 4.79 Å². The van der Waals surface area contributed by atoms with Crippen molar-refractivity contribution in [3.8, 4) is 0 Å². The number of piperidine rings is 1. The van der Waals surface area contributed by atoms with Gasteiger partial charge in [-0.15, -0.1) is 0 Å². The van der Waals surface area contributed by atoms with E-state index in [0.29, 0.717) is 5.78 Å². The standard InChI is InChI=1S/C12H22N2O/c15-12-2-1-8-14(9-5-12)10-11-3-6-13-7-4-11/h11,13H,1-10H2. The number of likely N-dealkylation sites (tertiary alicyclic amines) is 1. The fourth-order valence-corrected chi connectivity index (χ4v) is 2.63. The van der Waals surface area contributed by atoms with Gasteiger partial charge in [0.15, 0.2) is 0 Å². The average Bonchev–Trinajstić information content (AvgIpc) is 2.46. The third-order valence-electron chi connectivity index (χ3n) is 3.61. The quantitative estimate of drug-likeness (QED) is 0.739. The molecule has 0 aliphatic carbocycles. The SMILES string of the molecule is O=C1CCCN(CC2CCNCC2)CC1. The Hall–Kier alpha value is -0.410. The predicted octanol–water partition coefficient (Wildman–Crippen LogP) is 1.04. The second-order valence-electron chi connectivity index (χ2n) is 4.89. The zero-order chi connectivity index (χ0) is 10.5. The number of hydrogen-bond acceptors (Lipinski definition) is 3. The van der Waals surface area contributed by atoms with Crippen molar-refractivity contribution in [3.05, 3.63) is 0 Å². The fraction of sp³-hybridized carbons (Fsp3) is 0.917. The van der Waals surface area contributed by atoms with Crippen LogP contribution in [0.4, 0.5) is 0 Å². The molecule has 2 heterocycles. The normalized spacial score (nSPS) is 26.5. The minimum atomic E-state index is 0.461. The summed E-state index contributed by atoms with van der Waals surface area (Å²) in [6, 6.07) is 0. The molecule has 0 aromatic rings. The van der Waals surface area contributed by atoms with E-state index in [1.54, 1.807) is 0 Å². The Morgan fingerprint density at radius 3 is 2.80 bits per heavy atom. The average molecular weight is 210 g/mol. The number of nitrogens with zero attached hydrogens (tertiary/aromatic N) is 1. The number of carbonyl (C=O) groups excluding carboxylic acids is 1. The zero-order valence-corrected chi connectivity index (χ0v) is 9.50. The molecule has 2 saturated heterocycles. The van der Waals surface area contributed by atoms with Gasteiger partial charge in [0.25, 0.3) is 0 Å². The van der Waals surface area contributed by atoms with Gasteiger partial charge in [-0.05, 0) is 44.8 Å². The maximum Gasteiger partial charge on any atom is 0.134 e. The van der Waals surface area contributed by atoms with E-state index in [1.807, 2.05) is 0 Å². The highest BCUT2D eigenvalue weighted by Gasteiger charge is 2.19. The molecule has 0 radical (unpaired) electrons. The molecule has 0 atom stereocenters. The van der Waals surface area contributed by atoms with Crippen LogP contribution in [0.15, 0.2) is 0 Å². The molecule has 0 saturated carbocycles. The van der Waals surface area contributed by atoms with Gasteiger partial charge in [0, 0.05) is 25.9 Å². The first-order valence-corrected chi connectivity index (χ1v) is 6.29. The van der Waals surface area contributed by atoms with Gasteiger partial charge in [0.2, 0.25) is 0 Å². The summed E-state index contributed by atoms with van der Waals surface area (Å²) in [4.78, 5) is 13.8. The molecule has 0 bridgehead atoms. The van der Waals surface area contributed by atoms with Gasteiger partial charge >= 0.3 is 0 Å². The largest absolute Gasteiger partial charge is 0.317 e. The number of ketones is 1. The summed E-state index contributed by atoms with van der Waals surface area (Å²) in [7, 11) is 0. The van der Waals surface area contributed by atoms with E-state index >= 15 is 0 Å².